The predicted molar refractivity (Wildman–Crippen MR) is 81.8 cm³/mol. The van der Waals surface area contributed by atoms with E-state index in [9.17, 15) is 9.59 Å². The van der Waals surface area contributed by atoms with Gasteiger partial charge in [0.05, 0.1) is 0 Å². The Morgan fingerprint density at radius 3 is 1.43 bits per heavy atom. The molecule has 2 aliphatic rings. The van der Waals surface area contributed by atoms with Crippen molar-refractivity contribution >= 4 is 11.6 Å². The monoisotopic (exact) mass is 361 g/mol. The minimum absolute atomic E-state index is 0. The van der Waals surface area contributed by atoms with Crippen LogP contribution in [0.25, 0.3) is 0 Å². The van der Waals surface area contributed by atoms with Gasteiger partial charge >= 0.3 is 0 Å². The Kier molecular flexibility index (Phi) is 9.52. The third-order valence-electron chi connectivity index (χ3n) is 2.77. The summed E-state index contributed by atoms with van der Waals surface area (Å²) >= 11 is 0. The summed E-state index contributed by atoms with van der Waals surface area (Å²) in [6.45, 7) is 3.77. The molecule has 0 atom stereocenters. The van der Waals surface area contributed by atoms with Gasteiger partial charge in [-0.25, -0.2) is 0 Å². The summed E-state index contributed by atoms with van der Waals surface area (Å²) in [5.74, 6) is -0.200. The van der Waals surface area contributed by atoms with E-state index in [0.29, 0.717) is 11.1 Å². The first-order valence-corrected chi connectivity index (χ1v) is 6.49. The summed E-state index contributed by atoms with van der Waals surface area (Å²) in [6, 6.07) is 0. The molecule has 2 rings (SSSR count). The Morgan fingerprint density at radius 1 is 0.783 bits per heavy atom. The first-order chi connectivity index (χ1) is 10.5. The number of carbonyl (C=O) groups is 2. The predicted octanol–water partition coefficient (Wildman–Crippen LogP) is 1.87. The van der Waals surface area contributed by atoms with Crippen LogP contribution in [0.3, 0.4) is 0 Å². The SMILES string of the molecule is CC1=C/C(=C/NO)C(=O)C=C1.CC1=C/C(=C/NO)C(=O)C=C1.[Co]. The number of carbonyl (C=O) groups excluding carboxylic acids is 2. The molecule has 0 heterocycles. The van der Waals surface area contributed by atoms with Crippen molar-refractivity contribution in [3.63, 3.8) is 0 Å². The van der Waals surface area contributed by atoms with E-state index in [2.05, 4.69) is 0 Å². The number of hydroxylamine groups is 2. The fourth-order valence-electron chi connectivity index (χ4n) is 1.70. The number of ketones is 2. The molecular weight excluding hydrogens is 343 g/mol. The minimum Gasteiger partial charge on any atom is -0.292 e. The Hall–Kier alpha value is -2.19. The summed E-state index contributed by atoms with van der Waals surface area (Å²) in [5, 5.41) is 16.6. The van der Waals surface area contributed by atoms with Crippen molar-refractivity contribution in [1.82, 2.24) is 11.0 Å². The fraction of sp³-hybridized carbons (Fsp3) is 0.125. The van der Waals surface area contributed by atoms with Crippen LogP contribution in [0.2, 0.25) is 0 Å². The van der Waals surface area contributed by atoms with E-state index < -0.39 is 0 Å². The molecule has 125 valence electrons. The molecule has 0 aromatic heterocycles. The Bertz CT molecular complexity index is 584. The Morgan fingerprint density at radius 2 is 1.13 bits per heavy atom. The molecule has 0 aromatic carbocycles. The first-order valence-electron chi connectivity index (χ1n) is 6.49. The summed E-state index contributed by atoms with van der Waals surface area (Å²) in [4.78, 5) is 22.0. The van der Waals surface area contributed by atoms with Crippen molar-refractivity contribution < 1.29 is 36.8 Å². The number of nitrogens with one attached hydrogen (secondary N) is 2. The van der Waals surface area contributed by atoms with E-state index in [1.807, 2.05) is 24.8 Å². The average Bonchev–Trinajstić information content (AvgIpc) is 2.48. The molecule has 4 N–H and O–H groups in total. The van der Waals surface area contributed by atoms with Crippen LogP contribution in [0, 0.1) is 0 Å². The Balaban J connectivity index is 0.000000403. The maximum atomic E-state index is 11.0. The molecule has 0 amide bonds. The zero-order chi connectivity index (χ0) is 16.5. The molecule has 2 aliphatic carbocycles. The molecule has 6 nitrogen and oxygen atoms in total. The number of rotatable bonds is 2. The zero-order valence-corrected chi connectivity index (χ0v) is 13.7. The Labute approximate surface area is 144 Å². The molecule has 0 saturated carbocycles. The van der Waals surface area contributed by atoms with Crippen molar-refractivity contribution in [2.75, 3.05) is 0 Å². The second-order valence-electron chi connectivity index (χ2n) is 4.63. The van der Waals surface area contributed by atoms with Gasteiger partial charge in [0.15, 0.2) is 11.6 Å². The summed E-state index contributed by atoms with van der Waals surface area (Å²) in [5.41, 5.74) is 6.57. The molecule has 0 bridgehead atoms. The molecule has 0 fully saturated rings. The third-order valence-corrected chi connectivity index (χ3v) is 2.77. The van der Waals surface area contributed by atoms with Gasteiger partial charge in [0.25, 0.3) is 0 Å². The molecular formula is C16H18CoN2O4. The normalized spacial score (nSPS) is 19.5. The van der Waals surface area contributed by atoms with Crippen molar-refractivity contribution in [3.8, 4) is 0 Å². The maximum absolute atomic E-state index is 11.0. The standard InChI is InChI=1S/2C8H9NO2.Co/c2*1-6-2-3-8(10)7(4-6)5-9-11;/h2*2-5,9,11H,1H3;/b2*7-5-;. The van der Waals surface area contributed by atoms with Gasteiger partial charge in [0.2, 0.25) is 0 Å². The van der Waals surface area contributed by atoms with Crippen molar-refractivity contribution in [2.45, 2.75) is 13.8 Å². The van der Waals surface area contributed by atoms with E-state index in [4.69, 9.17) is 10.4 Å². The van der Waals surface area contributed by atoms with Gasteiger partial charge in [0.1, 0.15) is 0 Å². The second kappa shape index (κ2) is 10.5. The van der Waals surface area contributed by atoms with E-state index in [1.165, 1.54) is 24.6 Å². The van der Waals surface area contributed by atoms with Gasteiger partial charge in [-0.15, -0.1) is 0 Å². The molecule has 23 heavy (non-hydrogen) atoms. The van der Waals surface area contributed by atoms with Gasteiger partial charge in [0, 0.05) is 40.3 Å². The van der Waals surface area contributed by atoms with Crippen LogP contribution in [0.1, 0.15) is 13.8 Å². The van der Waals surface area contributed by atoms with E-state index in [0.717, 1.165) is 11.1 Å². The molecule has 0 spiro atoms. The number of allylic oxidation sites excluding steroid dienone is 10. The van der Waals surface area contributed by atoms with Gasteiger partial charge < -0.3 is 0 Å². The smallest absolute Gasteiger partial charge is 0.187 e. The van der Waals surface area contributed by atoms with Crippen molar-refractivity contribution in [2.24, 2.45) is 0 Å². The summed E-state index contributed by atoms with van der Waals surface area (Å²) in [7, 11) is 0. The number of hydrogen-bond donors (Lipinski definition) is 4. The molecule has 0 saturated heterocycles. The van der Waals surface area contributed by atoms with Crippen LogP contribution in [-0.2, 0) is 26.4 Å². The third kappa shape index (κ3) is 7.07. The van der Waals surface area contributed by atoms with Crippen LogP contribution in [0.4, 0.5) is 0 Å². The fourth-order valence-corrected chi connectivity index (χ4v) is 1.70. The average molecular weight is 361 g/mol. The number of hydrogen-bond acceptors (Lipinski definition) is 6. The van der Waals surface area contributed by atoms with Crippen molar-refractivity contribution in [1.29, 1.82) is 0 Å². The second-order valence-corrected chi connectivity index (χ2v) is 4.63. The van der Waals surface area contributed by atoms with Crippen LogP contribution in [0.5, 0.6) is 0 Å². The minimum atomic E-state index is -0.0999. The quantitative estimate of drug-likeness (QED) is 0.443. The van der Waals surface area contributed by atoms with Gasteiger partial charge in [-0.3, -0.25) is 31.0 Å². The van der Waals surface area contributed by atoms with Gasteiger partial charge in [-0.1, -0.05) is 23.3 Å². The topological polar surface area (TPSA) is 98.7 Å². The molecule has 0 aliphatic heterocycles. The van der Waals surface area contributed by atoms with Crippen molar-refractivity contribution in [3.05, 3.63) is 71.1 Å². The van der Waals surface area contributed by atoms with Crippen LogP contribution < -0.4 is 11.0 Å². The largest absolute Gasteiger partial charge is 0.292 e. The molecule has 1 radical (unpaired) electrons. The van der Waals surface area contributed by atoms with E-state index in [-0.39, 0.29) is 28.3 Å². The van der Waals surface area contributed by atoms with Crippen LogP contribution in [0.15, 0.2) is 71.1 Å². The van der Waals surface area contributed by atoms with Crippen LogP contribution >= 0.6 is 0 Å². The molecule has 0 aromatic rings. The molecule has 0 unspecified atom stereocenters. The van der Waals surface area contributed by atoms with E-state index in [1.54, 1.807) is 24.3 Å². The zero-order valence-electron chi connectivity index (χ0n) is 12.7. The van der Waals surface area contributed by atoms with E-state index >= 15 is 0 Å². The summed E-state index contributed by atoms with van der Waals surface area (Å²) < 4.78 is 0. The summed E-state index contributed by atoms with van der Waals surface area (Å²) in [6.07, 6.45) is 12.3. The van der Waals surface area contributed by atoms with Gasteiger partial charge in [-0.2, -0.15) is 0 Å². The first kappa shape index (κ1) is 20.8. The maximum Gasteiger partial charge on any atom is 0.187 e. The van der Waals surface area contributed by atoms with Crippen LogP contribution in [-0.4, -0.2) is 22.0 Å². The molecule has 7 heteroatoms. The van der Waals surface area contributed by atoms with Gasteiger partial charge in [-0.05, 0) is 38.2 Å².